The maximum atomic E-state index is 13.1. The summed E-state index contributed by atoms with van der Waals surface area (Å²) in [6, 6.07) is 20.8. The van der Waals surface area contributed by atoms with Crippen LogP contribution in [0.25, 0.3) is 33.4 Å². The first-order chi connectivity index (χ1) is 12.9. The molecule has 0 bridgehead atoms. The van der Waals surface area contributed by atoms with E-state index in [0.717, 1.165) is 12.1 Å². The first-order valence-electron chi connectivity index (χ1n) is 8.24. The zero-order chi connectivity index (χ0) is 19.0. The van der Waals surface area contributed by atoms with Crippen LogP contribution in [0, 0.1) is 0 Å². The van der Waals surface area contributed by atoms with E-state index in [9.17, 15) is 18.0 Å². The Hall–Kier alpha value is -3.34. The third-order valence-corrected chi connectivity index (χ3v) is 4.32. The van der Waals surface area contributed by atoms with Crippen LogP contribution >= 0.6 is 0 Å². The fourth-order valence-electron chi connectivity index (χ4n) is 3.03. The molecule has 0 atom stereocenters. The molecule has 5 heteroatoms. The van der Waals surface area contributed by atoms with Crippen molar-refractivity contribution >= 4 is 11.0 Å². The molecule has 0 aliphatic carbocycles. The molecule has 0 unspecified atom stereocenters. The molecule has 0 radical (unpaired) electrons. The third-order valence-electron chi connectivity index (χ3n) is 4.32. The van der Waals surface area contributed by atoms with Gasteiger partial charge in [0.2, 0.25) is 5.43 Å². The van der Waals surface area contributed by atoms with Crippen molar-refractivity contribution in [3.05, 3.63) is 94.6 Å². The fraction of sp³-hybridized carbons (Fsp3) is 0.0455. The predicted octanol–water partition coefficient (Wildman–Crippen LogP) is 6.15. The Kier molecular flexibility index (Phi) is 4.07. The normalized spacial score (nSPS) is 11.7. The average Bonchev–Trinajstić information content (AvgIpc) is 2.68. The number of alkyl halides is 3. The second-order valence-electron chi connectivity index (χ2n) is 6.08. The highest BCUT2D eigenvalue weighted by molar-refractivity contribution is 5.89. The Morgan fingerprint density at radius 3 is 1.93 bits per heavy atom. The van der Waals surface area contributed by atoms with E-state index in [0.29, 0.717) is 16.7 Å². The van der Waals surface area contributed by atoms with E-state index < -0.39 is 11.7 Å². The summed E-state index contributed by atoms with van der Waals surface area (Å²) in [6.07, 6.45) is -4.52. The van der Waals surface area contributed by atoms with Gasteiger partial charge in [0.05, 0.1) is 16.5 Å². The van der Waals surface area contributed by atoms with E-state index in [1.807, 2.05) is 12.1 Å². The topological polar surface area (TPSA) is 30.2 Å². The lowest BCUT2D eigenvalue weighted by Crippen LogP contribution is -2.09. The smallest absolute Gasteiger partial charge is 0.416 e. The Morgan fingerprint density at radius 1 is 0.741 bits per heavy atom. The molecule has 0 aliphatic rings. The first kappa shape index (κ1) is 17.1. The highest BCUT2D eigenvalue weighted by Crippen LogP contribution is 2.35. The third kappa shape index (κ3) is 3.12. The zero-order valence-electron chi connectivity index (χ0n) is 14.0. The van der Waals surface area contributed by atoms with Gasteiger partial charge in [-0.3, -0.25) is 4.79 Å². The molecule has 0 fully saturated rings. The molecule has 3 aromatic carbocycles. The van der Waals surface area contributed by atoms with Crippen molar-refractivity contribution in [3.63, 3.8) is 0 Å². The van der Waals surface area contributed by atoms with Crippen molar-refractivity contribution < 1.29 is 17.6 Å². The number of hydrogen-bond acceptors (Lipinski definition) is 2. The van der Waals surface area contributed by atoms with Gasteiger partial charge in [-0.05, 0) is 23.8 Å². The summed E-state index contributed by atoms with van der Waals surface area (Å²) in [7, 11) is 0. The standard InChI is InChI=1S/C22H13F3O2/c23-22(24,25)16-11-12-17-18(13-16)27-21(15-9-5-2-6-10-15)19(20(17)26)14-7-3-1-4-8-14/h1-13H. The van der Waals surface area contributed by atoms with Crippen LogP contribution in [0.5, 0.6) is 0 Å². The summed E-state index contributed by atoms with van der Waals surface area (Å²) in [5.41, 5.74) is 0.279. The molecule has 0 saturated heterocycles. The molecule has 0 amide bonds. The summed E-state index contributed by atoms with van der Waals surface area (Å²) in [5, 5.41) is 0.113. The molecule has 0 aliphatic heterocycles. The maximum Gasteiger partial charge on any atom is 0.416 e. The fourth-order valence-corrected chi connectivity index (χ4v) is 3.03. The molecule has 0 saturated carbocycles. The maximum absolute atomic E-state index is 13.1. The van der Waals surface area contributed by atoms with E-state index in [4.69, 9.17) is 4.42 Å². The van der Waals surface area contributed by atoms with Crippen molar-refractivity contribution in [2.24, 2.45) is 0 Å². The molecule has 2 nitrogen and oxygen atoms in total. The van der Waals surface area contributed by atoms with E-state index in [1.165, 1.54) is 6.07 Å². The minimum atomic E-state index is -4.52. The summed E-state index contributed by atoms with van der Waals surface area (Å²) in [5.74, 6) is 0.249. The van der Waals surface area contributed by atoms with Crippen molar-refractivity contribution in [2.75, 3.05) is 0 Å². The van der Waals surface area contributed by atoms with E-state index in [-0.39, 0.29) is 22.2 Å². The Morgan fingerprint density at radius 2 is 1.33 bits per heavy atom. The summed E-state index contributed by atoms with van der Waals surface area (Å²) in [4.78, 5) is 13.1. The average molecular weight is 366 g/mol. The minimum absolute atomic E-state index is 0.0895. The van der Waals surface area contributed by atoms with Crippen LogP contribution in [-0.2, 0) is 6.18 Å². The first-order valence-corrected chi connectivity index (χ1v) is 8.24. The highest BCUT2D eigenvalue weighted by Gasteiger charge is 2.31. The molecule has 4 rings (SSSR count). The number of rotatable bonds is 2. The van der Waals surface area contributed by atoms with Crippen LogP contribution in [-0.4, -0.2) is 0 Å². The van der Waals surface area contributed by atoms with Gasteiger partial charge >= 0.3 is 6.18 Å². The number of fused-ring (bicyclic) bond motifs is 1. The Balaban J connectivity index is 2.09. The molecule has 1 aromatic heterocycles. The molecule has 0 spiro atoms. The van der Waals surface area contributed by atoms with Crippen molar-refractivity contribution in [2.45, 2.75) is 6.18 Å². The van der Waals surface area contributed by atoms with Gasteiger partial charge in [-0.15, -0.1) is 0 Å². The van der Waals surface area contributed by atoms with Gasteiger partial charge in [0.25, 0.3) is 0 Å². The number of hydrogen-bond donors (Lipinski definition) is 0. The van der Waals surface area contributed by atoms with Crippen molar-refractivity contribution in [1.82, 2.24) is 0 Å². The molecular formula is C22H13F3O2. The lowest BCUT2D eigenvalue weighted by Gasteiger charge is -2.12. The molecule has 0 N–H and O–H groups in total. The Bertz CT molecular complexity index is 1160. The Labute approximate surface area is 152 Å². The van der Waals surface area contributed by atoms with Crippen LogP contribution in [0.15, 0.2) is 88.1 Å². The van der Waals surface area contributed by atoms with E-state index >= 15 is 0 Å². The van der Waals surface area contributed by atoms with Gasteiger partial charge in [-0.25, -0.2) is 0 Å². The van der Waals surface area contributed by atoms with Crippen LogP contribution < -0.4 is 5.43 Å². The molecule has 1 heterocycles. The second kappa shape index (κ2) is 6.43. The largest absolute Gasteiger partial charge is 0.455 e. The monoisotopic (exact) mass is 366 g/mol. The molecular weight excluding hydrogens is 353 g/mol. The van der Waals surface area contributed by atoms with Gasteiger partial charge in [-0.1, -0.05) is 60.7 Å². The predicted molar refractivity (Wildman–Crippen MR) is 98.4 cm³/mol. The van der Waals surface area contributed by atoms with Crippen LogP contribution in [0.1, 0.15) is 5.56 Å². The summed E-state index contributed by atoms with van der Waals surface area (Å²) in [6.45, 7) is 0. The van der Waals surface area contributed by atoms with Crippen LogP contribution in [0.3, 0.4) is 0 Å². The summed E-state index contributed by atoms with van der Waals surface area (Å²) < 4.78 is 45.0. The van der Waals surface area contributed by atoms with Gasteiger partial charge in [-0.2, -0.15) is 13.2 Å². The van der Waals surface area contributed by atoms with Crippen LogP contribution in [0.4, 0.5) is 13.2 Å². The second-order valence-corrected chi connectivity index (χ2v) is 6.08. The molecule has 27 heavy (non-hydrogen) atoms. The molecule has 134 valence electrons. The van der Waals surface area contributed by atoms with Gasteiger partial charge in [0.1, 0.15) is 11.3 Å². The number of halogens is 3. The SMILES string of the molecule is O=c1c(-c2ccccc2)c(-c2ccccc2)oc2cc(C(F)(F)F)ccc12. The van der Waals surface area contributed by atoms with E-state index in [2.05, 4.69) is 0 Å². The van der Waals surface area contributed by atoms with Gasteiger partial charge in [0, 0.05) is 5.56 Å². The quantitative estimate of drug-likeness (QED) is 0.426. The highest BCUT2D eigenvalue weighted by atomic mass is 19.4. The number of benzene rings is 3. The van der Waals surface area contributed by atoms with Crippen molar-refractivity contribution in [1.29, 1.82) is 0 Å². The molecule has 4 aromatic rings. The van der Waals surface area contributed by atoms with Gasteiger partial charge in [0.15, 0.2) is 0 Å². The lowest BCUT2D eigenvalue weighted by atomic mass is 9.98. The minimum Gasteiger partial charge on any atom is -0.455 e. The van der Waals surface area contributed by atoms with Crippen LogP contribution in [0.2, 0.25) is 0 Å². The van der Waals surface area contributed by atoms with Crippen molar-refractivity contribution in [3.8, 4) is 22.5 Å². The van der Waals surface area contributed by atoms with Gasteiger partial charge < -0.3 is 4.42 Å². The lowest BCUT2D eigenvalue weighted by molar-refractivity contribution is -0.137. The zero-order valence-corrected chi connectivity index (χ0v) is 14.0. The summed E-state index contributed by atoms with van der Waals surface area (Å²) >= 11 is 0. The van der Waals surface area contributed by atoms with E-state index in [1.54, 1.807) is 48.5 Å².